The minimum Gasteiger partial charge on any atom is -0.394 e. The molecular formula is C47H78O18. The quantitative estimate of drug-likeness (QED) is 0.0892. The van der Waals surface area contributed by atoms with Crippen LogP contribution in [0.1, 0.15) is 107 Å². The normalized spacial score (nSPS) is 51.9. The first-order chi connectivity index (χ1) is 30.2. The summed E-state index contributed by atoms with van der Waals surface area (Å²) in [5.41, 5.74) is -2.22. The zero-order chi connectivity index (χ0) is 47.9. The molecule has 3 heterocycles. The largest absolute Gasteiger partial charge is 0.394 e. The number of fused-ring (bicyclic) bond motifs is 5. The van der Waals surface area contributed by atoms with Crippen molar-refractivity contribution in [1.29, 1.82) is 0 Å². The summed E-state index contributed by atoms with van der Waals surface area (Å²) in [7, 11) is 0. The van der Waals surface area contributed by atoms with E-state index < -0.39 is 145 Å². The van der Waals surface area contributed by atoms with Gasteiger partial charge in [-0.2, -0.15) is 0 Å². The van der Waals surface area contributed by atoms with E-state index in [1.54, 1.807) is 0 Å². The van der Waals surface area contributed by atoms with Crippen LogP contribution in [0.15, 0.2) is 11.6 Å². The molecule has 3 saturated heterocycles. The second-order valence-corrected chi connectivity index (χ2v) is 22.5. The minimum absolute atomic E-state index is 0.0627. The van der Waals surface area contributed by atoms with Gasteiger partial charge in [0.15, 0.2) is 18.9 Å². The third-order valence-electron chi connectivity index (χ3n) is 17.9. The van der Waals surface area contributed by atoms with Crippen LogP contribution in [0.25, 0.3) is 0 Å². The van der Waals surface area contributed by atoms with Crippen molar-refractivity contribution in [2.75, 3.05) is 19.8 Å². The van der Waals surface area contributed by atoms with Crippen LogP contribution in [-0.4, -0.2) is 186 Å². The van der Waals surface area contributed by atoms with Crippen molar-refractivity contribution in [2.24, 2.45) is 45.3 Å². The van der Waals surface area contributed by atoms with Crippen molar-refractivity contribution in [3.63, 3.8) is 0 Å². The molecule has 18 heteroatoms. The highest BCUT2D eigenvalue weighted by Crippen LogP contribution is 2.75. The molecule has 0 radical (unpaired) electrons. The topological polar surface area (TPSA) is 295 Å². The third-order valence-corrected chi connectivity index (χ3v) is 17.9. The Balaban J connectivity index is 1.14. The number of hydrogen-bond acceptors (Lipinski definition) is 18. The van der Waals surface area contributed by atoms with Crippen LogP contribution in [0.3, 0.4) is 0 Å². The van der Waals surface area contributed by atoms with Crippen LogP contribution < -0.4 is 0 Å². The summed E-state index contributed by atoms with van der Waals surface area (Å²) in [4.78, 5) is 15.1. The summed E-state index contributed by atoms with van der Waals surface area (Å²) in [6, 6.07) is 0. The maximum Gasteiger partial charge on any atom is 0.187 e. The van der Waals surface area contributed by atoms with Gasteiger partial charge in [-0.1, -0.05) is 46.3 Å². The molecular weight excluding hydrogens is 852 g/mol. The Morgan fingerprint density at radius 1 is 0.769 bits per heavy atom. The summed E-state index contributed by atoms with van der Waals surface area (Å²) in [5, 5.41) is 120. The molecule has 3 aliphatic heterocycles. The van der Waals surface area contributed by atoms with Crippen LogP contribution in [0, 0.1) is 45.3 Å². The summed E-state index contributed by atoms with van der Waals surface area (Å²) < 4.78 is 35.8. The zero-order valence-electron chi connectivity index (χ0n) is 39.2. The number of aliphatic hydroxyl groups is 11. The smallest absolute Gasteiger partial charge is 0.187 e. The number of aliphatic hydroxyl groups excluding tert-OH is 10. The molecule has 7 aliphatic rings. The first-order valence-electron chi connectivity index (χ1n) is 23.7. The maximum absolute atomic E-state index is 15.1. The first-order valence-corrected chi connectivity index (χ1v) is 23.7. The predicted molar refractivity (Wildman–Crippen MR) is 228 cm³/mol. The van der Waals surface area contributed by atoms with E-state index in [1.165, 1.54) is 5.57 Å². The molecule has 7 fully saturated rings. The van der Waals surface area contributed by atoms with Gasteiger partial charge in [0.05, 0.1) is 37.6 Å². The van der Waals surface area contributed by atoms with Gasteiger partial charge < -0.3 is 84.6 Å². The van der Waals surface area contributed by atoms with Crippen molar-refractivity contribution in [2.45, 2.75) is 211 Å². The molecule has 4 saturated carbocycles. The standard InChI is InChI=1S/C47H78O18/c1-21(2)10-9-13-47(8,59)22-11-15-45(6)30(22)23(49)16-28-44(5)14-12-29(43(3,4)39(44)24(50)17-46(28,45)7)64-42-38(65-41-37(58)34(55)32(53)26(18-48)62-41)35(56)33(54)27(63-42)20-61-40-36(57)31(52)25(51)19-60-40/h10,22-23,25-42,48-49,51-59H,9,11-20H2,1-8H3/t22-,23+,25+,26+,27+,28+,29-,30-,31-,32+,33+,34-,35-,36+,37+,38+,39-,40-,41-,42-,44+,45+,46+,47-/m0/s1. The Morgan fingerprint density at radius 2 is 1.42 bits per heavy atom. The number of rotatable bonds is 12. The summed E-state index contributed by atoms with van der Waals surface area (Å²) >= 11 is 0. The Labute approximate surface area is 381 Å². The van der Waals surface area contributed by atoms with Crippen molar-refractivity contribution < 1.29 is 89.4 Å². The molecule has 0 spiro atoms. The van der Waals surface area contributed by atoms with Gasteiger partial charge >= 0.3 is 0 Å². The Hall–Kier alpha value is -1.27. The highest BCUT2D eigenvalue weighted by atomic mass is 16.8. The van der Waals surface area contributed by atoms with Crippen molar-refractivity contribution in [3.05, 3.63) is 11.6 Å². The predicted octanol–water partition coefficient (Wildman–Crippen LogP) is -0.209. The van der Waals surface area contributed by atoms with Crippen LogP contribution in [0.5, 0.6) is 0 Å². The van der Waals surface area contributed by atoms with Crippen molar-refractivity contribution in [3.8, 4) is 0 Å². The molecule has 0 aromatic heterocycles. The zero-order valence-corrected chi connectivity index (χ0v) is 39.2. The van der Waals surface area contributed by atoms with Gasteiger partial charge in [-0.3, -0.25) is 4.79 Å². The number of Topliss-reactive ketones (excluding diaryl/α,β-unsaturated/α-hetero) is 1. The van der Waals surface area contributed by atoms with Gasteiger partial charge in [-0.05, 0) is 99.7 Å². The average Bonchev–Trinajstić information content (AvgIpc) is 3.62. The number of carbonyl (C=O) groups is 1. The molecule has 0 unspecified atom stereocenters. The molecule has 24 atom stereocenters. The molecule has 4 aliphatic carbocycles. The van der Waals surface area contributed by atoms with E-state index in [2.05, 4.69) is 26.8 Å². The molecule has 65 heavy (non-hydrogen) atoms. The second-order valence-electron chi connectivity index (χ2n) is 22.5. The molecule has 374 valence electrons. The summed E-state index contributed by atoms with van der Waals surface area (Å²) in [5.74, 6) is -0.883. The van der Waals surface area contributed by atoms with E-state index in [1.807, 2.05) is 34.6 Å². The van der Waals surface area contributed by atoms with Gasteiger partial charge in [0.25, 0.3) is 0 Å². The molecule has 0 bridgehead atoms. The second kappa shape index (κ2) is 18.8. The summed E-state index contributed by atoms with van der Waals surface area (Å²) in [6.07, 6.45) is -17.5. The fourth-order valence-electron chi connectivity index (χ4n) is 14.3. The van der Waals surface area contributed by atoms with Crippen LogP contribution >= 0.6 is 0 Å². The fraction of sp³-hybridized carbons (Fsp3) is 0.936. The van der Waals surface area contributed by atoms with E-state index in [9.17, 15) is 56.2 Å². The Morgan fingerprint density at radius 3 is 2.08 bits per heavy atom. The van der Waals surface area contributed by atoms with Crippen LogP contribution in [-0.2, 0) is 33.2 Å². The number of allylic oxidation sites excluding steroid dienone is 2. The monoisotopic (exact) mass is 931 g/mol. The Bertz CT molecular complexity index is 1710. The van der Waals surface area contributed by atoms with E-state index in [0.29, 0.717) is 25.7 Å². The first kappa shape index (κ1) is 51.6. The van der Waals surface area contributed by atoms with Crippen LogP contribution in [0.4, 0.5) is 0 Å². The van der Waals surface area contributed by atoms with Gasteiger partial charge in [0.2, 0.25) is 0 Å². The SMILES string of the molecule is CC(C)=CCC[C@](C)(O)[C@H]1CC[C@]2(C)[C@@H]1[C@H](O)C[C@@H]1[C@@]3(C)CC[C@H](O[C@@H]4O[C@H](CO[C@@H]5OC[C@@H](O)[C@H](O)[C@H]5O)[C@@H](O)[C@H](O)[C@H]4O[C@@H]4O[C@H](CO)[C@@H](O)[C@H](O)[C@H]4O)C(C)(C)[C@@H]3C(=O)C[C@]12C. The van der Waals surface area contributed by atoms with E-state index in [0.717, 1.165) is 19.3 Å². The average molecular weight is 931 g/mol. The van der Waals surface area contributed by atoms with Gasteiger partial charge in [-0.25, -0.2) is 0 Å². The number of ketones is 1. The maximum atomic E-state index is 15.1. The van der Waals surface area contributed by atoms with Gasteiger partial charge in [0, 0.05) is 17.8 Å². The van der Waals surface area contributed by atoms with E-state index >= 15 is 4.79 Å². The lowest BCUT2D eigenvalue weighted by Crippen LogP contribution is -2.69. The lowest BCUT2D eigenvalue weighted by Gasteiger charge is -2.70. The highest BCUT2D eigenvalue weighted by Gasteiger charge is 2.73. The molecule has 18 nitrogen and oxygen atoms in total. The molecule has 0 amide bonds. The molecule has 0 aromatic rings. The van der Waals surface area contributed by atoms with E-state index in [4.69, 9.17) is 28.4 Å². The fourth-order valence-corrected chi connectivity index (χ4v) is 14.3. The molecule has 0 aromatic carbocycles. The Kier molecular flexibility index (Phi) is 14.9. The van der Waals surface area contributed by atoms with Gasteiger partial charge in [-0.15, -0.1) is 0 Å². The number of hydrogen-bond donors (Lipinski definition) is 11. The van der Waals surface area contributed by atoms with Crippen molar-refractivity contribution in [1.82, 2.24) is 0 Å². The van der Waals surface area contributed by atoms with E-state index in [-0.39, 0.29) is 36.6 Å². The highest BCUT2D eigenvalue weighted by molar-refractivity contribution is 5.85. The number of carbonyl (C=O) groups excluding carboxylic acids is 1. The number of ether oxygens (including phenoxy) is 6. The minimum atomic E-state index is -1.87. The molecule has 7 rings (SSSR count). The lowest BCUT2D eigenvalue weighted by molar-refractivity contribution is -0.381. The lowest BCUT2D eigenvalue weighted by atomic mass is 9.34. The summed E-state index contributed by atoms with van der Waals surface area (Å²) in [6.45, 7) is 14.8. The van der Waals surface area contributed by atoms with Crippen molar-refractivity contribution >= 4 is 5.78 Å². The van der Waals surface area contributed by atoms with Gasteiger partial charge in [0.1, 0.15) is 72.9 Å². The third kappa shape index (κ3) is 8.85. The molecule has 11 N–H and O–H groups in total. The van der Waals surface area contributed by atoms with Crippen LogP contribution in [0.2, 0.25) is 0 Å².